The lowest BCUT2D eigenvalue weighted by atomic mass is 10.3. The second-order valence-electron chi connectivity index (χ2n) is 3.34. The van der Waals surface area contributed by atoms with Crippen molar-refractivity contribution >= 4 is 31.7 Å². The number of benzene rings is 1. The molecule has 1 aromatic carbocycles. The molecule has 0 spiro atoms. The van der Waals surface area contributed by atoms with Gasteiger partial charge < -0.3 is 5.73 Å². The van der Waals surface area contributed by atoms with Gasteiger partial charge in [-0.15, -0.1) is 0 Å². The molecule has 0 bridgehead atoms. The van der Waals surface area contributed by atoms with Gasteiger partial charge in [0.2, 0.25) is 5.91 Å². The molecule has 4 nitrogen and oxygen atoms in total. The summed E-state index contributed by atoms with van der Waals surface area (Å²) in [5.74, 6) is -0.539. The normalized spacial score (nSPS) is 11.3. The lowest BCUT2D eigenvalue weighted by molar-refractivity contribution is -0.118. The summed E-state index contributed by atoms with van der Waals surface area (Å²) in [6.45, 7) is 0. The zero-order chi connectivity index (χ0) is 12.2. The Morgan fingerprint density at radius 1 is 1.25 bits per heavy atom. The number of rotatable bonds is 5. The monoisotopic (exact) mass is 305 g/mol. The Labute approximate surface area is 103 Å². The highest BCUT2D eigenvalue weighted by molar-refractivity contribution is 9.10. The fraction of sp³-hybridized carbons (Fsp3) is 0.300. The van der Waals surface area contributed by atoms with Crippen molar-refractivity contribution in [2.75, 3.05) is 5.75 Å². The first-order chi connectivity index (χ1) is 7.42. The lowest BCUT2D eigenvalue weighted by Gasteiger charge is -2.03. The molecular weight excluding hydrogens is 294 g/mol. The highest BCUT2D eigenvalue weighted by atomic mass is 79.9. The Hall–Kier alpha value is -0.880. The summed E-state index contributed by atoms with van der Waals surface area (Å²) in [4.78, 5) is 10.8. The van der Waals surface area contributed by atoms with Gasteiger partial charge in [-0.25, -0.2) is 8.42 Å². The molecule has 0 heterocycles. The zero-order valence-electron chi connectivity index (χ0n) is 8.52. The van der Waals surface area contributed by atoms with E-state index in [-0.39, 0.29) is 23.5 Å². The van der Waals surface area contributed by atoms with Crippen molar-refractivity contribution in [1.29, 1.82) is 0 Å². The third kappa shape index (κ3) is 3.94. The lowest BCUT2D eigenvalue weighted by Crippen LogP contribution is -2.13. The first kappa shape index (κ1) is 13.2. The first-order valence-electron chi connectivity index (χ1n) is 4.68. The molecule has 0 aliphatic carbocycles. The van der Waals surface area contributed by atoms with E-state index in [0.29, 0.717) is 0 Å². The van der Waals surface area contributed by atoms with Crippen LogP contribution in [0, 0.1) is 0 Å². The third-order valence-electron chi connectivity index (χ3n) is 2.01. The number of halogens is 1. The maximum Gasteiger partial charge on any atom is 0.217 e. The Morgan fingerprint density at radius 3 is 2.31 bits per heavy atom. The van der Waals surface area contributed by atoms with Crippen LogP contribution in [0.25, 0.3) is 0 Å². The molecule has 6 heteroatoms. The number of nitrogens with two attached hydrogens (primary N) is 1. The molecule has 1 aromatic rings. The van der Waals surface area contributed by atoms with E-state index < -0.39 is 15.7 Å². The molecule has 0 radical (unpaired) electrons. The van der Waals surface area contributed by atoms with E-state index in [0.717, 1.165) is 4.47 Å². The van der Waals surface area contributed by atoms with E-state index in [1.54, 1.807) is 12.1 Å². The molecule has 0 unspecified atom stereocenters. The number of primary amides is 1. The highest BCUT2D eigenvalue weighted by Crippen LogP contribution is 2.16. The average molecular weight is 306 g/mol. The SMILES string of the molecule is NC(=O)CCCS(=O)(=O)c1ccc(Br)cc1. The minimum Gasteiger partial charge on any atom is -0.370 e. The van der Waals surface area contributed by atoms with Crippen molar-refractivity contribution < 1.29 is 13.2 Å². The van der Waals surface area contributed by atoms with E-state index in [4.69, 9.17) is 5.73 Å². The van der Waals surface area contributed by atoms with Gasteiger partial charge in [-0.1, -0.05) is 15.9 Å². The summed E-state index contributed by atoms with van der Waals surface area (Å²) >= 11 is 3.23. The van der Waals surface area contributed by atoms with Gasteiger partial charge in [-0.05, 0) is 30.7 Å². The molecule has 0 atom stereocenters. The average Bonchev–Trinajstić information content (AvgIpc) is 2.17. The zero-order valence-corrected chi connectivity index (χ0v) is 10.9. The summed E-state index contributed by atoms with van der Waals surface area (Å²) in [6, 6.07) is 6.40. The highest BCUT2D eigenvalue weighted by Gasteiger charge is 2.14. The summed E-state index contributed by atoms with van der Waals surface area (Å²) in [7, 11) is -3.30. The second-order valence-corrected chi connectivity index (χ2v) is 6.37. The molecule has 0 fully saturated rings. The third-order valence-corrected chi connectivity index (χ3v) is 4.35. The number of hydrogen-bond acceptors (Lipinski definition) is 3. The molecule has 1 rings (SSSR count). The van der Waals surface area contributed by atoms with Gasteiger partial charge in [-0.2, -0.15) is 0 Å². The molecule has 0 aliphatic rings. The quantitative estimate of drug-likeness (QED) is 0.895. The molecule has 0 saturated carbocycles. The standard InChI is InChI=1S/C10H12BrNO3S/c11-8-3-5-9(6-4-8)16(14,15)7-1-2-10(12)13/h3-6H,1-2,7H2,(H2,12,13). The second kappa shape index (κ2) is 5.45. The van der Waals surface area contributed by atoms with E-state index in [2.05, 4.69) is 15.9 Å². The van der Waals surface area contributed by atoms with Crippen LogP contribution < -0.4 is 5.73 Å². The summed E-state index contributed by atoms with van der Waals surface area (Å²) in [5.41, 5.74) is 4.94. The molecule has 0 aliphatic heterocycles. The minimum atomic E-state index is -3.30. The van der Waals surface area contributed by atoms with Gasteiger partial charge in [0.05, 0.1) is 10.6 Å². The summed E-state index contributed by atoms with van der Waals surface area (Å²) in [6.07, 6.45) is 0.351. The predicted octanol–water partition coefficient (Wildman–Crippen LogP) is 1.49. The fourth-order valence-corrected chi connectivity index (χ4v) is 2.77. The van der Waals surface area contributed by atoms with Gasteiger partial charge in [0.1, 0.15) is 0 Å². The molecular formula is C10H12BrNO3S. The number of amides is 1. The van der Waals surface area contributed by atoms with Gasteiger partial charge in [0.25, 0.3) is 0 Å². The maximum atomic E-state index is 11.8. The molecule has 88 valence electrons. The number of carbonyl (C=O) groups is 1. The van der Waals surface area contributed by atoms with Crippen LogP contribution in [0.2, 0.25) is 0 Å². The van der Waals surface area contributed by atoms with E-state index >= 15 is 0 Å². The van der Waals surface area contributed by atoms with Gasteiger partial charge in [0, 0.05) is 10.9 Å². The Morgan fingerprint density at radius 2 is 1.81 bits per heavy atom. The molecule has 1 amide bonds. The van der Waals surface area contributed by atoms with Crippen LogP contribution >= 0.6 is 15.9 Å². The maximum absolute atomic E-state index is 11.8. The molecule has 16 heavy (non-hydrogen) atoms. The Kier molecular flexibility index (Phi) is 4.49. The molecule has 0 aromatic heterocycles. The largest absolute Gasteiger partial charge is 0.370 e. The fourth-order valence-electron chi connectivity index (χ4n) is 1.20. The van der Waals surface area contributed by atoms with Crippen LogP contribution in [-0.4, -0.2) is 20.1 Å². The first-order valence-corrected chi connectivity index (χ1v) is 7.13. The minimum absolute atomic E-state index is 0.0580. The summed E-state index contributed by atoms with van der Waals surface area (Å²) in [5, 5.41) is 0. The summed E-state index contributed by atoms with van der Waals surface area (Å²) < 4.78 is 24.3. The van der Waals surface area contributed by atoms with Gasteiger partial charge in [-0.3, -0.25) is 4.79 Å². The van der Waals surface area contributed by atoms with Crippen molar-refractivity contribution in [3.05, 3.63) is 28.7 Å². The number of sulfone groups is 1. The van der Waals surface area contributed by atoms with Crippen LogP contribution in [0.3, 0.4) is 0 Å². The topological polar surface area (TPSA) is 77.2 Å². The number of hydrogen-bond donors (Lipinski definition) is 1. The van der Waals surface area contributed by atoms with Crippen molar-refractivity contribution in [1.82, 2.24) is 0 Å². The van der Waals surface area contributed by atoms with Gasteiger partial charge >= 0.3 is 0 Å². The van der Waals surface area contributed by atoms with Crippen LogP contribution in [-0.2, 0) is 14.6 Å². The predicted molar refractivity (Wildman–Crippen MR) is 64.6 cm³/mol. The van der Waals surface area contributed by atoms with Crippen molar-refractivity contribution in [3.8, 4) is 0 Å². The van der Waals surface area contributed by atoms with Crippen molar-refractivity contribution in [3.63, 3.8) is 0 Å². The Bertz CT molecular complexity index is 467. The van der Waals surface area contributed by atoms with Crippen LogP contribution in [0.4, 0.5) is 0 Å². The van der Waals surface area contributed by atoms with Crippen LogP contribution in [0.1, 0.15) is 12.8 Å². The van der Waals surface area contributed by atoms with E-state index in [1.165, 1.54) is 12.1 Å². The van der Waals surface area contributed by atoms with Gasteiger partial charge in [0.15, 0.2) is 9.84 Å². The van der Waals surface area contributed by atoms with Crippen LogP contribution in [0.15, 0.2) is 33.6 Å². The smallest absolute Gasteiger partial charge is 0.217 e. The molecule has 0 saturated heterocycles. The van der Waals surface area contributed by atoms with E-state index in [9.17, 15) is 13.2 Å². The number of carbonyl (C=O) groups excluding carboxylic acids is 1. The van der Waals surface area contributed by atoms with Crippen molar-refractivity contribution in [2.24, 2.45) is 5.73 Å². The molecule has 2 N–H and O–H groups in total. The van der Waals surface area contributed by atoms with Crippen LogP contribution in [0.5, 0.6) is 0 Å². The Balaban J connectivity index is 2.71. The van der Waals surface area contributed by atoms with Crippen molar-refractivity contribution in [2.45, 2.75) is 17.7 Å². The van der Waals surface area contributed by atoms with E-state index in [1.807, 2.05) is 0 Å².